The van der Waals surface area contributed by atoms with Gasteiger partial charge in [-0.3, -0.25) is 4.79 Å². The van der Waals surface area contributed by atoms with Crippen molar-refractivity contribution in [3.63, 3.8) is 0 Å². The number of carbonyl (C=O) groups excluding carboxylic acids is 1. The van der Waals surface area contributed by atoms with Crippen LogP contribution in [0.5, 0.6) is 5.75 Å². The second-order valence-electron chi connectivity index (χ2n) is 4.83. The summed E-state index contributed by atoms with van der Waals surface area (Å²) in [4.78, 5) is 13.8. The fourth-order valence-electron chi connectivity index (χ4n) is 2.31. The number of nitrogens with zero attached hydrogens (tertiary/aromatic N) is 1. The third-order valence-corrected chi connectivity index (χ3v) is 3.53. The predicted molar refractivity (Wildman–Crippen MR) is 72.1 cm³/mol. The fourth-order valence-corrected chi connectivity index (χ4v) is 2.31. The van der Waals surface area contributed by atoms with E-state index < -0.39 is 6.10 Å². The molecule has 1 aromatic carbocycles. The van der Waals surface area contributed by atoms with Crippen LogP contribution in [0.1, 0.15) is 5.56 Å². The maximum absolute atomic E-state index is 12.2. The van der Waals surface area contributed by atoms with Gasteiger partial charge in [0.1, 0.15) is 5.75 Å². The molecule has 19 heavy (non-hydrogen) atoms. The lowest BCUT2D eigenvalue weighted by Gasteiger charge is -2.26. The SMILES string of the molecule is COc1cccc(CC(=O)N(C)[C@H]2CNC[C@@H]2O)c1. The average Bonchev–Trinajstić information content (AvgIpc) is 2.84. The third kappa shape index (κ3) is 3.24. The van der Waals surface area contributed by atoms with Crippen LogP contribution in [0.25, 0.3) is 0 Å². The number of β-amino-alcohol motifs (C(OH)–C–C–N with tert-alkyl or cyclic N) is 1. The lowest BCUT2D eigenvalue weighted by atomic mass is 10.1. The zero-order valence-electron chi connectivity index (χ0n) is 11.3. The van der Waals surface area contributed by atoms with Crippen molar-refractivity contribution in [3.05, 3.63) is 29.8 Å². The summed E-state index contributed by atoms with van der Waals surface area (Å²) in [6, 6.07) is 7.33. The van der Waals surface area contributed by atoms with Crippen LogP contribution in [0, 0.1) is 0 Å². The Bertz CT molecular complexity index is 450. The molecule has 0 unspecified atom stereocenters. The average molecular weight is 264 g/mol. The smallest absolute Gasteiger partial charge is 0.227 e. The van der Waals surface area contributed by atoms with E-state index in [1.54, 1.807) is 19.1 Å². The van der Waals surface area contributed by atoms with E-state index in [0.29, 0.717) is 19.5 Å². The zero-order valence-corrected chi connectivity index (χ0v) is 11.3. The van der Waals surface area contributed by atoms with Crippen molar-refractivity contribution in [2.24, 2.45) is 0 Å². The van der Waals surface area contributed by atoms with Crippen LogP contribution in [-0.4, -0.2) is 55.3 Å². The van der Waals surface area contributed by atoms with Gasteiger partial charge in [-0.2, -0.15) is 0 Å². The first kappa shape index (κ1) is 13.8. The van der Waals surface area contributed by atoms with E-state index in [1.807, 2.05) is 24.3 Å². The summed E-state index contributed by atoms with van der Waals surface area (Å²) in [6.07, 6.45) is -0.170. The lowest BCUT2D eigenvalue weighted by Crippen LogP contribution is -2.44. The summed E-state index contributed by atoms with van der Waals surface area (Å²) in [5.74, 6) is 0.747. The number of amides is 1. The van der Waals surface area contributed by atoms with Gasteiger partial charge < -0.3 is 20.1 Å². The number of likely N-dealkylation sites (N-methyl/N-ethyl adjacent to an activating group) is 1. The van der Waals surface area contributed by atoms with Crippen LogP contribution in [0.3, 0.4) is 0 Å². The first-order valence-electron chi connectivity index (χ1n) is 6.39. The Balaban J connectivity index is 1.99. The number of rotatable bonds is 4. The van der Waals surface area contributed by atoms with Crippen LogP contribution in [0.15, 0.2) is 24.3 Å². The first-order valence-corrected chi connectivity index (χ1v) is 6.39. The van der Waals surface area contributed by atoms with Crippen molar-refractivity contribution in [1.82, 2.24) is 10.2 Å². The molecule has 1 fully saturated rings. The highest BCUT2D eigenvalue weighted by molar-refractivity contribution is 5.79. The zero-order chi connectivity index (χ0) is 13.8. The minimum Gasteiger partial charge on any atom is -0.497 e. The molecule has 1 amide bonds. The number of methoxy groups -OCH3 is 1. The lowest BCUT2D eigenvalue weighted by molar-refractivity contribution is -0.132. The minimum absolute atomic E-state index is 0.000929. The Kier molecular flexibility index (Phi) is 4.39. The highest BCUT2D eigenvalue weighted by atomic mass is 16.5. The molecule has 1 aromatic rings. The largest absolute Gasteiger partial charge is 0.497 e. The first-order chi connectivity index (χ1) is 9.11. The molecule has 1 heterocycles. The highest BCUT2D eigenvalue weighted by Gasteiger charge is 2.30. The molecule has 2 N–H and O–H groups in total. The van der Waals surface area contributed by atoms with Crippen LogP contribution in [0.4, 0.5) is 0 Å². The summed E-state index contributed by atoms with van der Waals surface area (Å²) >= 11 is 0. The maximum Gasteiger partial charge on any atom is 0.227 e. The maximum atomic E-state index is 12.2. The number of aliphatic hydroxyl groups excluding tert-OH is 1. The number of benzene rings is 1. The Morgan fingerprint density at radius 2 is 2.32 bits per heavy atom. The van der Waals surface area contributed by atoms with Gasteiger partial charge >= 0.3 is 0 Å². The standard InChI is InChI=1S/C14H20N2O3/c1-16(12-8-15-9-13(12)17)14(18)7-10-4-3-5-11(6-10)19-2/h3-6,12-13,15,17H,7-9H2,1-2H3/t12-,13-/m0/s1. The molecule has 0 aliphatic carbocycles. The van der Waals surface area contributed by atoms with Gasteiger partial charge in [0, 0.05) is 20.1 Å². The van der Waals surface area contributed by atoms with E-state index in [1.165, 1.54) is 0 Å². The van der Waals surface area contributed by atoms with Gasteiger partial charge in [-0.15, -0.1) is 0 Å². The van der Waals surface area contributed by atoms with E-state index in [4.69, 9.17) is 4.74 Å². The topological polar surface area (TPSA) is 61.8 Å². The minimum atomic E-state index is -0.487. The van der Waals surface area contributed by atoms with E-state index in [9.17, 15) is 9.90 Å². The van der Waals surface area contributed by atoms with Gasteiger partial charge in [0.05, 0.1) is 25.7 Å². The van der Waals surface area contributed by atoms with E-state index in [2.05, 4.69) is 5.32 Å². The summed E-state index contributed by atoms with van der Waals surface area (Å²) < 4.78 is 5.14. The van der Waals surface area contributed by atoms with Crippen molar-refractivity contribution in [2.75, 3.05) is 27.2 Å². The second-order valence-corrected chi connectivity index (χ2v) is 4.83. The van der Waals surface area contributed by atoms with Crippen LogP contribution in [0.2, 0.25) is 0 Å². The van der Waals surface area contributed by atoms with Crippen molar-refractivity contribution >= 4 is 5.91 Å². The molecule has 5 heteroatoms. The summed E-state index contributed by atoms with van der Waals surface area (Å²) in [7, 11) is 3.34. The van der Waals surface area contributed by atoms with E-state index in [0.717, 1.165) is 11.3 Å². The van der Waals surface area contributed by atoms with E-state index in [-0.39, 0.29) is 11.9 Å². The number of hydrogen-bond acceptors (Lipinski definition) is 4. The predicted octanol–water partition coefficient (Wildman–Crippen LogP) is 0.0288. The van der Waals surface area contributed by atoms with Gasteiger partial charge in [-0.05, 0) is 17.7 Å². The normalized spacial score (nSPS) is 22.3. The quantitative estimate of drug-likeness (QED) is 0.805. The molecule has 2 rings (SSSR count). The van der Waals surface area contributed by atoms with Gasteiger partial charge in [0.25, 0.3) is 0 Å². The second kappa shape index (κ2) is 6.04. The molecule has 2 atom stereocenters. The summed E-state index contributed by atoms with van der Waals surface area (Å²) in [5, 5.41) is 12.9. The number of nitrogens with one attached hydrogen (secondary N) is 1. The Hall–Kier alpha value is -1.59. The molecule has 0 aromatic heterocycles. The number of carbonyl (C=O) groups is 1. The molecule has 5 nitrogen and oxygen atoms in total. The molecule has 1 saturated heterocycles. The molecule has 104 valence electrons. The Morgan fingerprint density at radius 3 is 2.95 bits per heavy atom. The monoisotopic (exact) mass is 264 g/mol. The van der Waals surface area contributed by atoms with Gasteiger partial charge in [-0.1, -0.05) is 12.1 Å². The molecule has 1 aliphatic heterocycles. The number of hydrogen-bond donors (Lipinski definition) is 2. The van der Waals surface area contributed by atoms with Gasteiger partial charge in [0.15, 0.2) is 0 Å². The molecule has 0 bridgehead atoms. The van der Waals surface area contributed by atoms with Crippen molar-refractivity contribution in [3.8, 4) is 5.75 Å². The molecule has 0 saturated carbocycles. The molecular weight excluding hydrogens is 244 g/mol. The number of ether oxygens (including phenoxy) is 1. The fraction of sp³-hybridized carbons (Fsp3) is 0.500. The summed E-state index contributed by atoms with van der Waals surface area (Å²) in [6.45, 7) is 1.18. The number of aliphatic hydroxyl groups is 1. The molecule has 0 spiro atoms. The van der Waals surface area contributed by atoms with Crippen molar-refractivity contribution in [1.29, 1.82) is 0 Å². The molecule has 1 aliphatic rings. The highest BCUT2D eigenvalue weighted by Crippen LogP contribution is 2.15. The van der Waals surface area contributed by atoms with Crippen LogP contribution in [-0.2, 0) is 11.2 Å². The molecular formula is C14H20N2O3. The van der Waals surface area contributed by atoms with Crippen LogP contribution >= 0.6 is 0 Å². The molecule has 0 radical (unpaired) electrons. The third-order valence-electron chi connectivity index (χ3n) is 3.53. The van der Waals surface area contributed by atoms with Gasteiger partial charge in [0.2, 0.25) is 5.91 Å². The van der Waals surface area contributed by atoms with Crippen molar-refractivity contribution in [2.45, 2.75) is 18.6 Å². The Morgan fingerprint density at radius 1 is 1.53 bits per heavy atom. The summed E-state index contributed by atoms with van der Waals surface area (Å²) in [5.41, 5.74) is 0.914. The van der Waals surface area contributed by atoms with Gasteiger partial charge in [-0.25, -0.2) is 0 Å². The Labute approximate surface area is 113 Å². The van der Waals surface area contributed by atoms with Crippen molar-refractivity contribution < 1.29 is 14.6 Å². The van der Waals surface area contributed by atoms with E-state index >= 15 is 0 Å². The van der Waals surface area contributed by atoms with Crippen LogP contribution < -0.4 is 10.1 Å².